The lowest BCUT2D eigenvalue weighted by Crippen LogP contribution is -2.49. The minimum absolute atomic E-state index is 0.0122. The first kappa shape index (κ1) is 44.6. The Kier molecular flexibility index (Phi) is 19.3. The number of ether oxygens (including phenoxy) is 2. The van der Waals surface area contributed by atoms with Gasteiger partial charge < -0.3 is 29.4 Å². The van der Waals surface area contributed by atoms with Gasteiger partial charge in [0.25, 0.3) is 0 Å². The molecule has 2 N–H and O–H groups in total. The smallest absolute Gasteiger partial charge is 0.408 e. The Hall–Kier alpha value is -3.44. The number of carbonyl (C=O) groups is 4. The maximum atomic E-state index is 13.9. The molecule has 50 heavy (non-hydrogen) atoms. The molecule has 10 nitrogen and oxygen atoms in total. The molecule has 1 aromatic carbocycles. The van der Waals surface area contributed by atoms with Gasteiger partial charge in [0, 0.05) is 19.5 Å². The van der Waals surface area contributed by atoms with Crippen molar-refractivity contribution >= 4 is 32.2 Å². The molecule has 0 aliphatic carbocycles. The van der Waals surface area contributed by atoms with E-state index >= 15 is 0 Å². The second-order valence-corrected chi connectivity index (χ2v) is 20.5. The molecule has 0 aromatic heterocycles. The van der Waals surface area contributed by atoms with Crippen LogP contribution in [0.5, 0.6) is 0 Å². The monoisotopic (exact) mass is 715 g/mol. The first-order chi connectivity index (χ1) is 23.4. The van der Waals surface area contributed by atoms with Crippen LogP contribution in [-0.2, 0) is 34.8 Å². The highest BCUT2D eigenvalue weighted by Gasteiger charge is 2.45. The van der Waals surface area contributed by atoms with Gasteiger partial charge in [-0.2, -0.15) is 0 Å². The number of nitrogens with one attached hydrogen (secondary N) is 2. The van der Waals surface area contributed by atoms with Gasteiger partial charge in [0.2, 0.25) is 11.8 Å². The van der Waals surface area contributed by atoms with Gasteiger partial charge >= 0.3 is 12.1 Å². The fraction of sp³-hybridized carbons (Fsp3) is 0.641. The fourth-order valence-electron chi connectivity index (χ4n) is 6.45. The summed E-state index contributed by atoms with van der Waals surface area (Å²) in [7, 11) is -2.13. The Morgan fingerprint density at radius 1 is 0.900 bits per heavy atom. The number of hydrogen-bond acceptors (Lipinski definition) is 7. The first-order valence-electron chi connectivity index (χ1n) is 18.0. The van der Waals surface area contributed by atoms with Crippen LogP contribution < -0.4 is 10.6 Å². The molecule has 0 aliphatic heterocycles. The summed E-state index contributed by atoms with van der Waals surface area (Å²) in [6.45, 7) is 29.0. The molecule has 0 saturated carbocycles. The van der Waals surface area contributed by atoms with Gasteiger partial charge in [-0.3, -0.25) is 9.59 Å². The molecular formula is C39H65N3O7Si. The van der Waals surface area contributed by atoms with E-state index in [1.165, 1.54) is 0 Å². The van der Waals surface area contributed by atoms with E-state index in [1.54, 1.807) is 44.7 Å². The molecule has 0 bridgehead atoms. The highest BCUT2D eigenvalue weighted by atomic mass is 28.4. The zero-order valence-corrected chi connectivity index (χ0v) is 33.4. The van der Waals surface area contributed by atoms with E-state index in [0.717, 1.165) is 5.56 Å². The quantitative estimate of drug-likeness (QED) is 0.0717. The van der Waals surface area contributed by atoms with Gasteiger partial charge in [-0.15, -0.1) is 13.2 Å². The number of esters is 1. The lowest BCUT2D eigenvalue weighted by atomic mass is 9.98. The number of benzene rings is 1. The molecule has 0 aliphatic rings. The largest absolute Gasteiger partial charge is 0.462 e. The van der Waals surface area contributed by atoms with Crippen LogP contribution in [0.3, 0.4) is 0 Å². The topological polar surface area (TPSA) is 123 Å². The predicted octanol–water partition coefficient (Wildman–Crippen LogP) is 7.70. The number of nitrogens with zero attached hydrogens (tertiary/aromatic N) is 1. The molecule has 0 heterocycles. The second kappa shape index (κ2) is 21.7. The van der Waals surface area contributed by atoms with Crippen LogP contribution in [0.2, 0.25) is 16.6 Å². The molecule has 0 saturated heterocycles. The van der Waals surface area contributed by atoms with Gasteiger partial charge in [-0.05, 0) is 69.1 Å². The molecule has 3 amide bonds. The average molecular weight is 716 g/mol. The fourth-order valence-corrected chi connectivity index (χ4v) is 11.9. The SMILES string of the molecule is C=CCC[C@H](NC(=O)OC(C)(C)C)C(=O)OC[C@H](C)NC(=O)[C@@H](CC=C)CC(=O)N(CCO[Si](C(C)C)(C(C)C)C(C)C)Cc1ccccc1. The van der Waals surface area contributed by atoms with Crippen molar-refractivity contribution in [3.05, 3.63) is 61.2 Å². The molecule has 0 fully saturated rings. The molecule has 0 spiro atoms. The maximum absolute atomic E-state index is 13.9. The van der Waals surface area contributed by atoms with E-state index in [-0.39, 0.29) is 31.3 Å². The molecular weight excluding hydrogens is 651 g/mol. The van der Waals surface area contributed by atoms with Gasteiger partial charge in [-0.25, -0.2) is 9.59 Å². The third-order valence-electron chi connectivity index (χ3n) is 8.73. The van der Waals surface area contributed by atoms with Crippen molar-refractivity contribution in [1.82, 2.24) is 15.5 Å². The third kappa shape index (κ3) is 15.2. The molecule has 0 radical (unpaired) electrons. The van der Waals surface area contributed by atoms with Gasteiger partial charge in [-0.1, -0.05) is 84.0 Å². The lowest BCUT2D eigenvalue weighted by molar-refractivity contribution is -0.147. The number of rotatable bonds is 22. The van der Waals surface area contributed by atoms with Crippen LogP contribution in [0.4, 0.5) is 4.79 Å². The number of allylic oxidation sites excluding steroid dienone is 2. The second-order valence-electron chi connectivity index (χ2n) is 15.0. The Bertz CT molecular complexity index is 1210. The van der Waals surface area contributed by atoms with E-state index in [0.29, 0.717) is 49.2 Å². The highest BCUT2D eigenvalue weighted by Crippen LogP contribution is 2.42. The van der Waals surface area contributed by atoms with Crippen molar-refractivity contribution in [2.24, 2.45) is 5.92 Å². The van der Waals surface area contributed by atoms with E-state index in [4.69, 9.17) is 13.9 Å². The van der Waals surface area contributed by atoms with E-state index in [1.807, 2.05) is 30.3 Å². The summed E-state index contributed by atoms with van der Waals surface area (Å²) in [5, 5.41) is 5.45. The summed E-state index contributed by atoms with van der Waals surface area (Å²) in [5.74, 6) is -1.79. The summed E-state index contributed by atoms with van der Waals surface area (Å²) < 4.78 is 17.6. The van der Waals surface area contributed by atoms with Gasteiger partial charge in [0.1, 0.15) is 18.2 Å². The van der Waals surface area contributed by atoms with Crippen LogP contribution in [-0.4, -0.2) is 74.5 Å². The van der Waals surface area contributed by atoms with Gasteiger partial charge in [0.15, 0.2) is 8.32 Å². The molecule has 3 atom stereocenters. The number of amides is 3. The van der Waals surface area contributed by atoms with E-state index in [2.05, 4.69) is 65.3 Å². The summed E-state index contributed by atoms with van der Waals surface area (Å²) in [6.07, 6.45) is 3.60. The van der Waals surface area contributed by atoms with Crippen LogP contribution in [0.25, 0.3) is 0 Å². The zero-order valence-electron chi connectivity index (χ0n) is 32.4. The molecule has 1 rings (SSSR count). The normalized spacial score (nSPS) is 13.7. The van der Waals surface area contributed by atoms with Crippen molar-refractivity contribution in [3.63, 3.8) is 0 Å². The Balaban J connectivity index is 2.99. The Morgan fingerprint density at radius 3 is 2.02 bits per heavy atom. The minimum Gasteiger partial charge on any atom is -0.462 e. The van der Waals surface area contributed by atoms with Crippen LogP contribution in [0, 0.1) is 5.92 Å². The van der Waals surface area contributed by atoms with Crippen molar-refractivity contribution in [3.8, 4) is 0 Å². The van der Waals surface area contributed by atoms with Crippen LogP contribution in [0.1, 0.15) is 100 Å². The lowest BCUT2D eigenvalue weighted by Gasteiger charge is -2.42. The van der Waals surface area contributed by atoms with Crippen molar-refractivity contribution in [2.75, 3.05) is 19.8 Å². The van der Waals surface area contributed by atoms with E-state index < -0.39 is 44.0 Å². The van der Waals surface area contributed by atoms with Crippen molar-refractivity contribution in [1.29, 1.82) is 0 Å². The average Bonchev–Trinajstić information content (AvgIpc) is 3.02. The zero-order chi connectivity index (χ0) is 38.1. The summed E-state index contributed by atoms with van der Waals surface area (Å²) in [4.78, 5) is 54.3. The Labute approximate surface area is 302 Å². The molecule has 1 aromatic rings. The minimum atomic E-state index is -2.13. The van der Waals surface area contributed by atoms with E-state index in [9.17, 15) is 19.2 Å². The summed E-state index contributed by atoms with van der Waals surface area (Å²) in [5.41, 5.74) is 1.52. The Morgan fingerprint density at radius 2 is 1.50 bits per heavy atom. The van der Waals surface area contributed by atoms with Crippen LogP contribution >= 0.6 is 0 Å². The third-order valence-corrected chi connectivity index (χ3v) is 14.8. The predicted molar refractivity (Wildman–Crippen MR) is 203 cm³/mol. The summed E-state index contributed by atoms with van der Waals surface area (Å²) in [6, 6.07) is 8.31. The highest BCUT2D eigenvalue weighted by molar-refractivity contribution is 6.77. The standard InChI is InChI=1S/C39H65N3O7Si/c1-13-15-22-34(41-38(46)49-39(10,11)12)37(45)47-27-31(9)40-36(44)33(19-14-2)25-35(43)42(26-32-20-17-16-18-21-32)23-24-48-50(28(3)4,29(5)6)30(7)8/h13-14,16-18,20-21,28-31,33-34H,1-2,15,19,22-27H2,3-12H3,(H,40,44)(H,41,46)/t31-,33-,34-/m0/s1. The van der Waals surface area contributed by atoms with Crippen LogP contribution in [0.15, 0.2) is 55.6 Å². The van der Waals surface area contributed by atoms with Gasteiger partial charge in [0.05, 0.1) is 18.6 Å². The number of hydrogen-bond donors (Lipinski definition) is 2. The maximum Gasteiger partial charge on any atom is 0.408 e. The number of alkyl carbamates (subject to hydrolysis) is 1. The molecule has 0 unspecified atom stereocenters. The molecule has 11 heteroatoms. The van der Waals surface area contributed by atoms with Crippen molar-refractivity contribution < 1.29 is 33.1 Å². The molecule has 282 valence electrons. The number of carbonyl (C=O) groups excluding carboxylic acids is 4. The first-order valence-corrected chi connectivity index (χ1v) is 20.2. The van der Waals surface area contributed by atoms with Crippen molar-refractivity contribution in [2.45, 2.75) is 136 Å². The summed E-state index contributed by atoms with van der Waals surface area (Å²) >= 11 is 0.